The van der Waals surface area contributed by atoms with Gasteiger partial charge in [0.15, 0.2) is 5.11 Å². The van der Waals surface area contributed by atoms with Crippen molar-refractivity contribution in [3.63, 3.8) is 0 Å². The highest BCUT2D eigenvalue weighted by Crippen LogP contribution is 2.44. The Morgan fingerprint density at radius 1 is 0.889 bits per heavy atom. The van der Waals surface area contributed by atoms with Crippen LogP contribution in [0.2, 0.25) is 0 Å². The summed E-state index contributed by atoms with van der Waals surface area (Å²) in [5, 5.41) is 27.7. The van der Waals surface area contributed by atoms with Crippen LogP contribution in [-0.2, 0) is 5.54 Å². The molecular formula is C22H20N2O2S. The maximum absolute atomic E-state index is 10.6. The van der Waals surface area contributed by atoms with Crippen molar-refractivity contribution in [1.82, 2.24) is 10.6 Å². The number of rotatable bonds is 3. The Morgan fingerprint density at radius 2 is 1.56 bits per heavy atom. The fourth-order valence-electron chi connectivity index (χ4n) is 3.81. The highest BCUT2D eigenvalue weighted by molar-refractivity contribution is 7.80. The van der Waals surface area contributed by atoms with Gasteiger partial charge in [0.25, 0.3) is 0 Å². The van der Waals surface area contributed by atoms with Crippen molar-refractivity contribution in [3.8, 4) is 11.5 Å². The van der Waals surface area contributed by atoms with Gasteiger partial charge in [-0.25, -0.2) is 0 Å². The summed E-state index contributed by atoms with van der Waals surface area (Å²) < 4.78 is 0. The van der Waals surface area contributed by atoms with E-state index in [0.29, 0.717) is 17.1 Å². The smallest absolute Gasteiger partial charge is 0.167 e. The van der Waals surface area contributed by atoms with Gasteiger partial charge in [0, 0.05) is 18.1 Å². The minimum Gasteiger partial charge on any atom is -0.508 e. The van der Waals surface area contributed by atoms with Gasteiger partial charge in [-0.05, 0) is 35.5 Å². The van der Waals surface area contributed by atoms with Crippen LogP contribution in [0.25, 0.3) is 0 Å². The first-order valence-electron chi connectivity index (χ1n) is 8.80. The summed E-state index contributed by atoms with van der Waals surface area (Å²) in [7, 11) is 0. The molecule has 2 atom stereocenters. The van der Waals surface area contributed by atoms with Gasteiger partial charge in [-0.1, -0.05) is 60.7 Å². The predicted octanol–water partition coefficient (Wildman–Crippen LogP) is 3.95. The summed E-state index contributed by atoms with van der Waals surface area (Å²) in [6.45, 7) is 0. The van der Waals surface area contributed by atoms with Crippen molar-refractivity contribution in [1.29, 1.82) is 0 Å². The van der Waals surface area contributed by atoms with E-state index in [1.54, 1.807) is 12.1 Å². The van der Waals surface area contributed by atoms with Crippen LogP contribution < -0.4 is 10.6 Å². The predicted molar refractivity (Wildman–Crippen MR) is 110 cm³/mol. The maximum atomic E-state index is 10.6. The van der Waals surface area contributed by atoms with Crippen LogP contribution in [0.5, 0.6) is 11.5 Å². The molecule has 1 fully saturated rings. The van der Waals surface area contributed by atoms with Gasteiger partial charge < -0.3 is 20.8 Å². The molecule has 0 amide bonds. The van der Waals surface area contributed by atoms with Gasteiger partial charge >= 0.3 is 0 Å². The molecule has 27 heavy (non-hydrogen) atoms. The second-order valence-electron chi connectivity index (χ2n) is 6.74. The van der Waals surface area contributed by atoms with Crippen LogP contribution in [0.3, 0.4) is 0 Å². The molecule has 1 aliphatic heterocycles. The molecule has 0 bridgehead atoms. The number of hydrogen-bond acceptors (Lipinski definition) is 3. The van der Waals surface area contributed by atoms with E-state index in [0.717, 1.165) is 11.1 Å². The third-order valence-corrected chi connectivity index (χ3v) is 5.27. The summed E-state index contributed by atoms with van der Waals surface area (Å²) in [6, 6.07) is 24.8. The molecule has 0 spiro atoms. The normalized spacial score (nSPS) is 21.9. The van der Waals surface area contributed by atoms with E-state index < -0.39 is 5.54 Å². The Labute approximate surface area is 163 Å². The second kappa shape index (κ2) is 6.93. The average molecular weight is 376 g/mol. The van der Waals surface area contributed by atoms with Crippen LogP contribution in [0, 0.1) is 0 Å². The van der Waals surface area contributed by atoms with E-state index >= 15 is 0 Å². The summed E-state index contributed by atoms with van der Waals surface area (Å²) in [5.74, 6) is 0.0541. The maximum Gasteiger partial charge on any atom is 0.167 e. The Bertz CT molecular complexity index is 963. The molecule has 1 heterocycles. The third kappa shape index (κ3) is 3.22. The van der Waals surface area contributed by atoms with Crippen molar-refractivity contribution >= 4 is 17.3 Å². The average Bonchev–Trinajstić information content (AvgIpc) is 2.69. The number of aromatic hydroxyl groups is 2. The molecular weight excluding hydrogens is 356 g/mol. The van der Waals surface area contributed by atoms with E-state index in [1.165, 1.54) is 6.07 Å². The minimum atomic E-state index is -0.720. The molecule has 0 saturated carbocycles. The topological polar surface area (TPSA) is 64.5 Å². The Hall–Kier alpha value is -3.05. The molecule has 1 saturated heterocycles. The summed E-state index contributed by atoms with van der Waals surface area (Å²) in [4.78, 5) is 0. The van der Waals surface area contributed by atoms with Gasteiger partial charge in [0.2, 0.25) is 0 Å². The van der Waals surface area contributed by atoms with Crippen molar-refractivity contribution < 1.29 is 10.2 Å². The molecule has 2 unspecified atom stereocenters. The molecule has 4 nitrogen and oxygen atoms in total. The second-order valence-corrected chi connectivity index (χ2v) is 7.15. The van der Waals surface area contributed by atoms with Crippen LogP contribution >= 0.6 is 12.2 Å². The number of phenols is 2. The fourth-order valence-corrected chi connectivity index (χ4v) is 4.13. The molecule has 0 aromatic heterocycles. The van der Waals surface area contributed by atoms with Crippen molar-refractivity contribution in [2.45, 2.75) is 18.0 Å². The van der Waals surface area contributed by atoms with E-state index in [1.807, 2.05) is 48.5 Å². The first-order valence-corrected chi connectivity index (χ1v) is 9.21. The Kier molecular flexibility index (Phi) is 4.46. The number of hydrogen-bond donors (Lipinski definition) is 4. The fraction of sp³-hybridized carbons (Fsp3) is 0.136. The van der Waals surface area contributed by atoms with Gasteiger partial charge in [-0.3, -0.25) is 0 Å². The molecule has 3 aromatic rings. The third-order valence-electron chi connectivity index (χ3n) is 5.05. The number of benzene rings is 3. The lowest BCUT2D eigenvalue weighted by Gasteiger charge is -2.44. The lowest BCUT2D eigenvalue weighted by Crippen LogP contribution is -2.57. The minimum absolute atomic E-state index is 0.0200. The van der Waals surface area contributed by atoms with Crippen molar-refractivity contribution in [2.75, 3.05) is 0 Å². The largest absolute Gasteiger partial charge is 0.508 e. The van der Waals surface area contributed by atoms with E-state index in [4.69, 9.17) is 12.2 Å². The summed E-state index contributed by atoms with van der Waals surface area (Å²) in [6.07, 6.45) is 0.638. The van der Waals surface area contributed by atoms with Gasteiger partial charge in [0.05, 0.1) is 11.6 Å². The molecule has 0 aliphatic carbocycles. The van der Waals surface area contributed by atoms with Gasteiger partial charge in [-0.15, -0.1) is 0 Å². The first kappa shape index (κ1) is 17.4. The molecule has 4 rings (SSSR count). The van der Waals surface area contributed by atoms with E-state index in [2.05, 4.69) is 22.8 Å². The van der Waals surface area contributed by atoms with Crippen LogP contribution in [0.4, 0.5) is 0 Å². The quantitative estimate of drug-likeness (QED) is 0.522. The summed E-state index contributed by atoms with van der Waals surface area (Å²) >= 11 is 5.55. The molecule has 1 aliphatic rings. The monoisotopic (exact) mass is 376 g/mol. The SMILES string of the molecule is Oc1ccc(C2(c3ccccc3)CC(c3ccccc3)NC(=S)N2)c(O)c1. The Morgan fingerprint density at radius 3 is 2.22 bits per heavy atom. The zero-order chi connectivity index (χ0) is 18.9. The lowest BCUT2D eigenvalue weighted by molar-refractivity contribution is 0.331. The van der Waals surface area contributed by atoms with Gasteiger partial charge in [-0.2, -0.15) is 0 Å². The van der Waals surface area contributed by atoms with Gasteiger partial charge in [0.1, 0.15) is 11.5 Å². The number of nitrogens with one attached hydrogen (secondary N) is 2. The first-order chi connectivity index (χ1) is 13.1. The highest BCUT2D eigenvalue weighted by atomic mass is 32.1. The molecule has 3 aromatic carbocycles. The van der Waals surface area contributed by atoms with Crippen LogP contribution in [0.15, 0.2) is 78.9 Å². The number of phenolic OH excluding ortho intramolecular Hbond substituents is 2. The molecule has 5 heteroatoms. The molecule has 0 radical (unpaired) electrons. The summed E-state index contributed by atoms with van der Waals surface area (Å²) in [5.41, 5.74) is 2.08. The van der Waals surface area contributed by atoms with Crippen LogP contribution in [0.1, 0.15) is 29.2 Å². The molecule has 136 valence electrons. The lowest BCUT2D eigenvalue weighted by atomic mass is 9.75. The van der Waals surface area contributed by atoms with Crippen molar-refractivity contribution in [3.05, 3.63) is 95.6 Å². The standard InChI is InChI=1S/C22H20N2O2S/c25-17-11-12-18(20(26)13-17)22(16-9-5-2-6-10-16)14-19(23-21(27)24-22)15-7-3-1-4-8-15/h1-13,19,25-26H,14H2,(H2,23,24,27). The Balaban J connectivity index is 1.89. The van der Waals surface area contributed by atoms with Crippen LogP contribution in [-0.4, -0.2) is 15.3 Å². The van der Waals surface area contributed by atoms with E-state index in [9.17, 15) is 10.2 Å². The molecule has 4 N–H and O–H groups in total. The highest BCUT2D eigenvalue weighted by Gasteiger charge is 2.43. The van der Waals surface area contributed by atoms with Crippen molar-refractivity contribution in [2.24, 2.45) is 0 Å². The van der Waals surface area contributed by atoms with E-state index in [-0.39, 0.29) is 17.5 Å². The zero-order valence-electron chi connectivity index (χ0n) is 14.6. The number of thiocarbonyl (C=S) groups is 1. The zero-order valence-corrected chi connectivity index (χ0v) is 15.4.